The Morgan fingerprint density at radius 2 is 2.31 bits per heavy atom. The van der Waals surface area contributed by atoms with Crippen molar-refractivity contribution in [3.63, 3.8) is 0 Å². The van der Waals surface area contributed by atoms with Crippen LogP contribution in [0.2, 0.25) is 0 Å². The van der Waals surface area contributed by atoms with E-state index in [1.807, 2.05) is 13.0 Å². The molecule has 0 aliphatic carbocycles. The van der Waals surface area contributed by atoms with Crippen molar-refractivity contribution in [3.8, 4) is 0 Å². The Hall–Kier alpha value is -1.86. The monoisotopic (exact) mass is 219 g/mol. The Bertz CT molecular complexity index is 478. The van der Waals surface area contributed by atoms with Gasteiger partial charge in [0.2, 0.25) is 0 Å². The predicted octanol–water partition coefficient (Wildman–Crippen LogP) is -0.534. The van der Waals surface area contributed by atoms with Crippen LogP contribution < -0.4 is 11.3 Å². The summed E-state index contributed by atoms with van der Waals surface area (Å²) in [7, 11) is 1.81. The lowest BCUT2D eigenvalue weighted by Gasteiger charge is -2.14. The van der Waals surface area contributed by atoms with E-state index in [0.717, 1.165) is 11.4 Å². The van der Waals surface area contributed by atoms with E-state index in [-0.39, 0.29) is 6.04 Å². The molecule has 0 aromatic carbocycles. The minimum Gasteiger partial charge on any atom is -0.270 e. The highest BCUT2D eigenvalue weighted by Crippen LogP contribution is 2.17. The molecule has 0 aliphatic rings. The first-order chi connectivity index (χ1) is 7.72. The molecule has 0 amide bonds. The van der Waals surface area contributed by atoms with Crippen molar-refractivity contribution in [1.82, 2.24) is 30.4 Å². The molecule has 7 nitrogen and oxygen atoms in total. The van der Waals surface area contributed by atoms with E-state index in [9.17, 15) is 0 Å². The van der Waals surface area contributed by atoms with E-state index in [0.29, 0.717) is 5.82 Å². The van der Waals surface area contributed by atoms with E-state index in [1.54, 1.807) is 24.1 Å². The van der Waals surface area contributed by atoms with Gasteiger partial charge in [-0.15, -0.1) is 5.10 Å². The Morgan fingerprint density at radius 3 is 2.88 bits per heavy atom. The standard InChI is InChI=1S/C9H13N7/c1-6-11-4-3-7(13-6)9(14-10)8-5-12-15-16(8)2/h3-5,9,14H,10H2,1-2H3. The zero-order valence-corrected chi connectivity index (χ0v) is 9.12. The smallest absolute Gasteiger partial charge is 0.125 e. The van der Waals surface area contributed by atoms with Crippen LogP contribution in [0.4, 0.5) is 0 Å². The van der Waals surface area contributed by atoms with Crippen molar-refractivity contribution in [2.24, 2.45) is 12.9 Å². The maximum atomic E-state index is 5.54. The fraction of sp³-hybridized carbons (Fsp3) is 0.333. The van der Waals surface area contributed by atoms with Gasteiger partial charge in [-0.2, -0.15) is 0 Å². The molecule has 0 saturated heterocycles. The van der Waals surface area contributed by atoms with Crippen molar-refractivity contribution in [1.29, 1.82) is 0 Å². The molecule has 1 unspecified atom stereocenters. The van der Waals surface area contributed by atoms with Gasteiger partial charge in [-0.3, -0.25) is 10.5 Å². The second-order valence-corrected chi connectivity index (χ2v) is 3.41. The fourth-order valence-electron chi connectivity index (χ4n) is 1.52. The number of hydrogen-bond donors (Lipinski definition) is 2. The fourth-order valence-corrected chi connectivity index (χ4v) is 1.52. The number of nitrogens with one attached hydrogen (secondary N) is 1. The Balaban J connectivity index is 2.40. The summed E-state index contributed by atoms with van der Waals surface area (Å²) in [4.78, 5) is 8.36. The predicted molar refractivity (Wildman–Crippen MR) is 56.9 cm³/mol. The van der Waals surface area contributed by atoms with Crippen molar-refractivity contribution < 1.29 is 0 Å². The number of aromatic nitrogens is 5. The average Bonchev–Trinajstić information content (AvgIpc) is 2.67. The lowest BCUT2D eigenvalue weighted by molar-refractivity contribution is 0.557. The quantitative estimate of drug-likeness (QED) is 0.532. The lowest BCUT2D eigenvalue weighted by atomic mass is 10.1. The molecular weight excluding hydrogens is 206 g/mol. The first kappa shape index (κ1) is 10.7. The van der Waals surface area contributed by atoms with Crippen molar-refractivity contribution in [3.05, 3.63) is 35.7 Å². The third-order valence-electron chi connectivity index (χ3n) is 2.31. The van der Waals surface area contributed by atoms with Crippen LogP contribution in [0.5, 0.6) is 0 Å². The topological polar surface area (TPSA) is 94.5 Å². The summed E-state index contributed by atoms with van der Waals surface area (Å²) in [6, 6.07) is 1.58. The van der Waals surface area contributed by atoms with E-state index in [2.05, 4.69) is 25.7 Å². The third-order valence-corrected chi connectivity index (χ3v) is 2.31. The Labute approximate surface area is 92.7 Å². The highest BCUT2D eigenvalue weighted by molar-refractivity contribution is 5.18. The van der Waals surface area contributed by atoms with Crippen molar-refractivity contribution in [2.75, 3.05) is 0 Å². The van der Waals surface area contributed by atoms with E-state index in [1.165, 1.54) is 0 Å². The van der Waals surface area contributed by atoms with Gasteiger partial charge in [0.1, 0.15) is 11.9 Å². The van der Waals surface area contributed by atoms with Gasteiger partial charge in [0.15, 0.2) is 0 Å². The zero-order valence-electron chi connectivity index (χ0n) is 9.12. The van der Waals surface area contributed by atoms with Gasteiger partial charge < -0.3 is 0 Å². The number of hydrogen-bond acceptors (Lipinski definition) is 6. The molecule has 84 valence electrons. The van der Waals surface area contributed by atoms with Gasteiger partial charge in [-0.05, 0) is 13.0 Å². The van der Waals surface area contributed by atoms with Gasteiger partial charge >= 0.3 is 0 Å². The molecule has 2 rings (SSSR count). The largest absolute Gasteiger partial charge is 0.270 e. The van der Waals surface area contributed by atoms with E-state index < -0.39 is 0 Å². The van der Waals surface area contributed by atoms with E-state index >= 15 is 0 Å². The van der Waals surface area contributed by atoms with Gasteiger partial charge in [0.25, 0.3) is 0 Å². The first-order valence-corrected chi connectivity index (χ1v) is 4.82. The van der Waals surface area contributed by atoms with Crippen LogP contribution >= 0.6 is 0 Å². The second-order valence-electron chi connectivity index (χ2n) is 3.41. The molecule has 0 fully saturated rings. The molecule has 3 N–H and O–H groups in total. The molecule has 0 saturated carbocycles. The van der Waals surface area contributed by atoms with Gasteiger partial charge in [-0.25, -0.2) is 15.4 Å². The van der Waals surface area contributed by atoms with Crippen LogP contribution in [0.1, 0.15) is 23.3 Å². The van der Waals surface area contributed by atoms with Crippen LogP contribution in [-0.2, 0) is 7.05 Å². The second kappa shape index (κ2) is 4.33. The van der Waals surface area contributed by atoms with Crippen LogP contribution in [-0.4, -0.2) is 25.0 Å². The van der Waals surface area contributed by atoms with Gasteiger partial charge in [0, 0.05) is 13.2 Å². The minimum atomic E-state index is -0.235. The number of aryl methyl sites for hydroxylation is 2. The number of nitrogens with zero attached hydrogens (tertiary/aromatic N) is 5. The summed E-state index contributed by atoms with van der Waals surface area (Å²) in [5.41, 5.74) is 4.34. The van der Waals surface area contributed by atoms with Crippen molar-refractivity contribution >= 4 is 0 Å². The molecule has 0 aliphatic heterocycles. The summed E-state index contributed by atoms with van der Waals surface area (Å²) in [6.07, 6.45) is 3.35. The maximum Gasteiger partial charge on any atom is 0.125 e. The number of nitrogens with two attached hydrogens (primary N) is 1. The molecule has 7 heteroatoms. The summed E-state index contributed by atoms with van der Waals surface area (Å²) < 4.78 is 1.65. The third kappa shape index (κ3) is 1.90. The molecule has 1 atom stereocenters. The minimum absolute atomic E-state index is 0.235. The zero-order chi connectivity index (χ0) is 11.5. The van der Waals surface area contributed by atoms with Crippen molar-refractivity contribution in [2.45, 2.75) is 13.0 Å². The summed E-state index contributed by atoms with van der Waals surface area (Å²) >= 11 is 0. The highest BCUT2D eigenvalue weighted by Gasteiger charge is 2.17. The maximum absolute atomic E-state index is 5.54. The van der Waals surface area contributed by atoms with E-state index in [4.69, 9.17) is 5.84 Å². The molecular formula is C9H13N7. The highest BCUT2D eigenvalue weighted by atomic mass is 15.4. The number of rotatable bonds is 3. The van der Waals surface area contributed by atoms with Crippen LogP contribution in [0.25, 0.3) is 0 Å². The molecule has 0 spiro atoms. The Morgan fingerprint density at radius 1 is 1.50 bits per heavy atom. The molecule has 0 bridgehead atoms. The summed E-state index contributed by atoms with van der Waals surface area (Å²) in [5, 5.41) is 7.67. The molecule has 2 aromatic rings. The van der Waals surface area contributed by atoms with Gasteiger partial charge in [0.05, 0.1) is 17.6 Å². The van der Waals surface area contributed by atoms with Crippen LogP contribution in [0.3, 0.4) is 0 Å². The lowest BCUT2D eigenvalue weighted by Crippen LogP contribution is -2.31. The SMILES string of the molecule is Cc1nccc(C(NN)c2cnnn2C)n1. The summed E-state index contributed by atoms with van der Waals surface area (Å²) in [6.45, 7) is 1.83. The van der Waals surface area contributed by atoms with Gasteiger partial charge in [-0.1, -0.05) is 5.21 Å². The normalized spacial score (nSPS) is 12.7. The summed E-state index contributed by atoms with van der Waals surface area (Å²) in [5.74, 6) is 6.24. The van der Waals surface area contributed by atoms with Crippen LogP contribution in [0, 0.1) is 6.92 Å². The molecule has 2 heterocycles. The number of hydrazine groups is 1. The molecule has 0 radical (unpaired) electrons. The molecule has 16 heavy (non-hydrogen) atoms. The molecule has 2 aromatic heterocycles. The van der Waals surface area contributed by atoms with Crippen LogP contribution in [0.15, 0.2) is 18.5 Å². The average molecular weight is 219 g/mol. The first-order valence-electron chi connectivity index (χ1n) is 4.82. The Kier molecular flexibility index (Phi) is 2.88.